The molecule has 2 aliphatic carbocycles. The number of alkyl halides is 1. The Morgan fingerprint density at radius 3 is 1.66 bits per heavy atom. The van der Waals surface area contributed by atoms with Crippen molar-refractivity contribution in [1.82, 2.24) is 5.32 Å². The van der Waals surface area contributed by atoms with Crippen LogP contribution in [0.1, 0.15) is 62.5 Å². The van der Waals surface area contributed by atoms with Crippen LogP contribution in [0.2, 0.25) is 0 Å². The molecule has 2 aliphatic rings. The van der Waals surface area contributed by atoms with Crippen molar-refractivity contribution in [3.05, 3.63) is 71.8 Å². The first-order valence-electron chi connectivity index (χ1n) is 12.5. The Kier molecular flexibility index (Phi) is 15.0. The molecule has 2 aromatic carbocycles. The van der Waals surface area contributed by atoms with Crippen LogP contribution in [0.5, 0.6) is 0 Å². The highest BCUT2D eigenvalue weighted by atomic mass is 79.9. The maximum absolute atomic E-state index is 11.5. The summed E-state index contributed by atoms with van der Waals surface area (Å²) < 4.78 is 10.1. The Morgan fingerprint density at radius 1 is 0.771 bits per heavy atom. The van der Waals surface area contributed by atoms with Gasteiger partial charge in [-0.1, -0.05) is 102 Å². The number of carbonyl (C=O) groups excluding carboxylic acids is 2. The van der Waals surface area contributed by atoms with E-state index in [0.29, 0.717) is 31.8 Å². The van der Waals surface area contributed by atoms with Crippen molar-refractivity contribution in [2.45, 2.75) is 76.7 Å². The molecule has 0 atom stereocenters. The first-order chi connectivity index (χ1) is 17.1. The van der Waals surface area contributed by atoms with E-state index in [-0.39, 0.29) is 17.3 Å². The Morgan fingerprint density at radius 2 is 1.23 bits per heavy atom. The van der Waals surface area contributed by atoms with Crippen LogP contribution in [0.4, 0.5) is 0 Å². The molecule has 0 aromatic heterocycles. The van der Waals surface area contributed by atoms with Crippen LogP contribution >= 0.6 is 15.9 Å². The summed E-state index contributed by atoms with van der Waals surface area (Å²) in [6.45, 7) is 1.05. The van der Waals surface area contributed by atoms with E-state index >= 15 is 0 Å². The van der Waals surface area contributed by atoms with Crippen molar-refractivity contribution < 1.29 is 19.1 Å². The highest BCUT2D eigenvalue weighted by Gasteiger charge is 2.15. The second-order valence-electron chi connectivity index (χ2n) is 8.83. The maximum atomic E-state index is 11.5. The number of benzene rings is 2. The highest BCUT2D eigenvalue weighted by molar-refractivity contribution is 9.09. The number of halogens is 1. The predicted octanol–water partition coefficient (Wildman–Crippen LogP) is 5.27. The topological polar surface area (TPSA) is 90.7 Å². The lowest BCUT2D eigenvalue weighted by Gasteiger charge is -2.11. The number of ether oxygens (including phenoxy) is 2. The maximum Gasteiger partial charge on any atom is 0.320 e. The summed E-state index contributed by atoms with van der Waals surface area (Å²) in [5.41, 5.74) is 7.57. The molecule has 35 heavy (non-hydrogen) atoms. The van der Waals surface area contributed by atoms with Gasteiger partial charge in [-0.3, -0.25) is 9.59 Å². The van der Waals surface area contributed by atoms with Gasteiger partial charge in [0.15, 0.2) is 0 Å². The van der Waals surface area contributed by atoms with Crippen molar-refractivity contribution in [1.29, 1.82) is 0 Å². The Balaban J connectivity index is 0.000000207. The Labute approximate surface area is 218 Å². The predicted molar refractivity (Wildman–Crippen MR) is 143 cm³/mol. The van der Waals surface area contributed by atoms with Gasteiger partial charge in [-0.25, -0.2) is 0 Å². The lowest BCUT2D eigenvalue weighted by Crippen LogP contribution is -2.32. The molecular formula is C28H39BrN2O4. The lowest BCUT2D eigenvalue weighted by molar-refractivity contribution is -0.144. The molecule has 0 unspecified atom stereocenters. The van der Waals surface area contributed by atoms with Gasteiger partial charge in [0.25, 0.3) is 0 Å². The molecule has 0 bridgehead atoms. The molecule has 2 aromatic rings. The Bertz CT molecular complexity index is 823. The number of nitrogens with two attached hydrogens (primary N) is 1. The largest absolute Gasteiger partial charge is 0.460 e. The summed E-state index contributed by atoms with van der Waals surface area (Å²) in [5, 5.41) is 3.49. The number of esters is 2. The number of carbonyl (C=O) groups is 2. The van der Waals surface area contributed by atoms with Gasteiger partial charge in [-0.05, 0) is 36.8 Å². The zero-order chi connectivity index (χ0) is 25.1. The highest BCUT2D eigenvalue weighted by Crippen LogP contribution is 2.17. The SMILES string of the molecule is NC1CCCC1.O=C(CBr)OCc1ccccc1.O=C(CNC1CCCC1)OCc1ccccc1. The molecule has 192 valence electrons. The fourth-order valence-corrected chi connectivity index (χ4v) is 4.04. The molecule has 0 aliphatic heterocycles. The van der Waals surface area contributed by atoms with Crippen LogP contribution in [0.3, 0.4) is 0 Å². The first-order valence-corrected chi connectivity index (χ1v) is 13.6. The van der Waals surface area contributed by atoms with Crippen LogP contribution in [-0.4, -0.2) is 35.9 Å². The van der Waals surface area contributed by atoms with E-state index < -0.39 is 0 Å². The van der Waals surface area contributed by atoms with Crippen molar-refractivity contribution in [2.24, 2.45) is 5.73 Å². The van der Waals surface area contributed by atoms with Crippen molar-refractivity contribution in [2.75, 3.05) is 11.9 Å². The molecule has 7 heteroatoms. The molecule has 6 nitrogen and oxygen atoms in total. The van der Waals surface area contributed by atoms with Gasteiger partial charge in [-0.2, -0.15) is 0 Å². The average molecular weight is 548 g/mol. The van der Waals surface area contributed by atoms with Crippen LogP contribution in [-0.2, 0) is 32.3 Å². The third-order valence-electron chi connectivity index (χ3n) is 5.88. The van der Waals surface area contributed by atoms with E-state index in [0.717, 1.165) is 11.1 Å². The molecule has 0 saturated heterocycles. The number of hydrogen-bond donors (Lipinski definition) is 2. The zero-order valence-corrected chi connectivity index (χ0v) is 22.1. The molecule has 2 fully saturated rings. The number of rotatable bonds is 8. The fourth-order valence-electron chi connectivity index (χ4n) is 3.88. The Hall–Kier alpha value is -2.22. The first kappa shape index (κ1) is 29.0. The van der Waals surface area contributed by atoms with E-state index in [9.17, 15) is 9.59 Å². The summed E-state index contributed by atoms with van der Waals surface area (Å²) in [6.07, 6.45) is 10.2. The van der Waals surface area contributed by atoms with Gasteiger partial charge >= 0.3 is 11.9 Å². The molecule has 0 heterocycles. The van der Waals surface area contributed by atoms with E-state index in [2.05, 4.69) is 21.2 Å². The second-order valence-corrected chi connectivity index (χ2v) is 9.39. The zero-order valence-electron chi connectivity index (χ0n) is 20.5. The summed E-state index contributed by atoms with van der Waals surface area (Å²) >= 11 is 3.01. The van der Waals surface area contributed by atoms with Crippen molar-refractivity contribution in [3.63, 3.8) is 0 Å². The van der Waals surface area contributed by atoms with Gasteiger partial charge in [0.2, 0.25) is 0 Å². The number of hydrogen-bond acceptors (Lipinski definition) is 6. The minimum Gasteiger partial charge on any atom is -0.460 e. The van der Waals surface area contributed by atoms with Crippen LogP contribution in [0.15, 0.2) is 60.7 Å². The molecule has 0 radical (unpaired) electrons. The third-order valence-corrected chi connectivity index (χ3v) is 6.34. The minimum absolute atomic E-state index is 0.166. The molecule has 4 rings (SSSR count). The van der Waals surface area contributed by atoms with Crippen molar-refractivity contribution >= 4 is 27.9 Å². The van der Waals surface area contributed by atoms with Crippen molar-refractivity contribution in [3.8, 4) is 0 Å². The second kappa shape index (κ2) is 18.1. The van der Waals surface area contributed by atoms with E-state index in [1.54, 1.807) is 0 Å². The standard InChI is InChI=1S/C14H19NO2.C9H9BrO2.C5H11N/c16-14(10-15-13-8-4-5-9-13)17-11-12-6-2-1-3-7-12;10-6-9(11)12-7-8-4-2-1-3-5-8;6-5-3-1-2-4-5/h1-3,6-7,13,15H,4-5,8-11H2;1-5H,6-7H2;5H,1-4,6H2. The summed E-state index contributed by atoms with van der Waals surface area (Å²) in [4.78, 5) is 22.2. The number of nitrogens with one attached hydrogen (secondary N) is 1. The van der Waals surface area contributed by atoms with E-state index in [1.807, 2.05) is 60.7 Å². The van der Waals surface area contributed by atoms with Crippen LogP contribution in [0, 0.1) is 0 Å². The molecule has 3 N–H and O–H groups in total. The van der Waals surface area contributed by atoms with Gasteiger partial charge in [0, 0.05) is 12.1 Å². The molecule has 0 spiro atoms. The van der Waals surface area contributed by atoms with Crippen LogP contribution in [0.25, 0.3) is 0 Å². The minimum atomic E-state index is -0.237. The van der Waals surface area contributed by atoms with E-state index in [1.165, 1.54) is 51.4 Å². The summed E-state index contributed by atoms with van der Waals surface area (Å²) in [6, 6.07) is 20.4. The normalized spacial score (nSPS) is 15.4. The summed E-state index contributed by atoms with van der Waals surface area (Å²) in [7, 11) is 0. The van der Waals surface area contributed by atoms with Gasteiger partial charge in [0.05, 0.1) is 6.54 Å². The van der Waals surface area contributed by atoms with Gasteiger partial charge < -0.3 is 20.5 Å². The van der Waals surface area contributed by atoms with Gasteiger partial charge in [0.1, 0.15) is 18.5 Å². The molecule has 2 saturated carbocycles. The fraction of sp³-hybridized carbons (Fsp3) is 0.500. The lowest BCUT2D eigenvalue weighted by atomic mass is 10.2. The summed E-state index contributed by atoms with van der Waals surface area (Å²) in [5.74, 6) is -0.403. The molecule has 0 amide bonds. The average Bonchev–Trinajstić information content (AvgIpc) is 3.61. The third kappa shape index (κ3) is 14.1. The van der Waals surface area contributed by atoms with E-state index in [4.69, 9.17) is 15.2 Å². The molecular weight excluding hydrogens is 508 g/mol. The smallest absolute Gasteiger partial charge is 0.320 e. The quantitative estimate of drug-likeness (QED) is 0.346. The van der Waals surface area contributed by atoms with Crippen LogP contribution < -0.4 is 11.1 Å². The monoisotopic (exact) mass is 546 g/mol. The van der Waals surface area contributed by atoms with Gasteiger partial charge in [-0.15, -0.1) is 0 Å².